The first-order chi connectivity index (χ1) is 20.6. The zero-order valence-corrected chi connectivity index (χ0v) is 26.4. The number of nitrogens with two attached hydrogens (primary N) is 2. The summed E-state index contributed by atoms with van der Waals surface area (Å²) in [6.45, 7) is 15.8. The van der Waals surface area contributed by atoms with Crippen LogP contribution >= 0.6 is 0 Å². The van der Waals surface area contributed by atoms with E-state index in [1.165, 1.54) is 18.5 Å². The number of carbonyl (C=O) groups is 2. The van der Waals surface area contributed by atoms with Crippen molar-refractivity contribution in [2.75, 3.05) is 37.4 Å². The van der Waals surface area contributed by atoms with Crippen LogP contribution in [0.2, 0.25) is 0 Å². The van der Waals surface area contributed by atoms with Gasteiger partial charge in [-0.05, 0) is 70.2 Å². The Bertz CT molecular complexity index is 1280. The molecule has 1 saturated heterocycles. The molecule has 6 N–H and O–H groups in total. The maximum atomic E-state index is 13.4. The molecule has 2 amide bonds. The van der Waals surface area contributed by atoms with E-state index in [2.05, 4.69) is 64.8 Å². The summed E-state index contributed by atoms with van der Waals surface area (Å²) < 4.78 is 5.05. The van der Waals surface area contributed by atoms with Gasteiger partial charge < -0.3 is 26.8 Å². The van der Waals surface area contributed by atoms with Crippen molar-refractivity contribution in [3.8, 4) is 0 Å². The number of aromatic nitrogens is 1. The van der Waals surface area contributed by atoms with Crippen molar-refractivity contribution in [2.24, 2.45) is 27.4 Å². The van der Waals surface area contributed by atoms with E-state index in [1.54, 1.807) is 38.7 Å². The van der Waals surface area contributed by atoms with Gasteiger partial charge in [-0.1, -0.05) is 20.4 Å². The smallest absolute Gasteiger partial charge is 0.259 e. The SMILES string of the molecule is C=CC(=N/C=C(/C(C=NCCOC)=C/N)C(C)CC)/C(=C\N)C(=O)Nc1cc(NC(=O)C2CCCN2C(C)C)cnc1C. The van der Waals surface area contributed by atoms with Crippen LogP contribution in [0.4, 0.5) is 11.4 Å². The maximum Gasteiger partial charge on any atom is 0.259 e. The molecule has 43 heavy (non-hydrogen) atoms. The molecule has 2 atom stereocenters. The third kappa shape index (κ3) is 10.0. The van der Waals surface area contributed by atoms with Gasteiger partial charge in [0.1, 0.15) is 0 Å². The van der Waals surface area contributed by atoms with Gasteiger partial charge in [0.15, 0.2) is 0 Å². The second-order valence-corrected chi connectivity index (χ2v) is 10.6. The maximum absolute atomic E-state index is 13.4. The normalized spacial score (nSPS) is 17.9. The number of carbonyl (C=O) groups excluding carboxylic acids is 2. The molecule has 0 saturated carbocycles. The van der Waals surface area contributed by atoms with Crippen molar-refractivity contribution in [1.29, 1.82) is 0 Å². The molecule has 2 unspecified atom stereocenters. The van der Waals surface area contributed by atoms with Gasteiger partial charge in [0.25, 0.3) is 5.91 Å². The van der Waals surface area contributed by atoms with Gasteiger partial charge in [-0.3, -0.25) is 29.5 Å². The number of anilines is 2. The number of aryl methyl sites for hydroxylation is 1. The van der Waals surface area contributed by atoms with E-state index in [4.69, 9.17) is 16.2 Å². The Kier molecular flexibility index (Phi) is 14.5. The Morgan fingerprint density at radius 2 is 2.00 bits per heavy atom. The lowest BCUT2D eigenvalue weighted by Gasteiger charge is -2.27. The van der Waals surface area contributed by atoms with Crippen LogP contribution in [-0.4, -0.2) is 72.5 Å². The van der Waals surface area contributed by atoms with Crippen LogP contribution < -0.4 is 22.1 Å². The molecule has 0 spiro atoms. The highest BCUT2D eigenvalue weighted by Crippen LogP contribution is 2.24. The monoisotopic (exact) mass is 592 g/mol. The van der Waals surface area contributed by atoms with Gasteiger partial charge in [-0.15, -0.1) is 0 Å². The number of pyridine rings is 1. The third-order valence-corrected chi connectivity index (χ3v) is 7.40. The summed E-state index contributed by atoms with van der Waals surface area (Å²) in [6.07, 6.45) is 11.7. The van der Waals surface area contributed by atoms with Crippen LogP contribution in [0.25, 0.3) is 0 Å². The molecule has 11 heteroatoms. The first-order valence-corrected chi connectivity index (χ1v) is 14.7. The van der Waals surface area contributed by atoms with Crippen molar-refractivity contribution in [3.63, 3.8) is 0 Å². The number of rotatable bonds is 15. The summed E-state index contributed by atoms with van der Waals surface area (Å²) in [5, 5.41) is 5.82. The van der Waals surface area contributed by atoms with Crippen LogP contribution in [0, 0.1) is 12.8 Å². The minimum atomic E-state index is -0.495. The quantitative estimate of drug-likeness (QED) is 0.103. The molecular formula is C32H48N8O3. The molecule has 1 aliphatic heterocycles. The highest BCUT2D eigenvalue weighted by Gasteiger charge is 2.32. The van der Waals surface area contributed by atoms with E-state index in [9.17, 15) is 9.59 Å². The van der Waals surface area contributed by atoms with Crippen molar-refractivity contribution < 1.29 is 14.3 Å². The summed E-state index contributed by atoms with van der Waals surface area (Å²) in [4.78, 5) is 41.9. The van der Waals surface area contributed by atoms with E-state index in [-0.39, 0.29) is 35.2 Å². The minimum Gasteiger partial charge on any atom is -0.404 e. The van der Waals surface area contributed by atoms with E-state index in [1.807, 2.05) is 0 Å². The first kappa shape index (κ1) is 35.1. The number of nitrogens with zero attached hydrogens (tertiary/aromatic N) is 4. The van der Waals surface area contributed by atoms with Crippen LogP contribution in [0.3, 0.4) is 0 Å². The van der Waals surface area contributed by atoms with Crippen molar-refractivity contribution in [1.82, 2.24) is 9.88 Å². The average Bonchev–Trinajstić information content (AvgIpc) is 3.50. The Hall–Kier alpha value is -4.09. The van der Waals surface area contributed by atoms with Gasteiger partial charge in [-0.25, -0.2) is 0 Å². The molecule has 0 aromatic carbocycles. The number of allylic oxidation sites excluding steroid dienone is 3. The van der Waals surface area contributed by atoms with Gasteiger partial charge in [-0.2, -0.15) is 0 Å². The Morgan fingerprint density at radius 3 is 2.60 bits per heavy atom. The summed E-state index contributed by atoms with van der Waals surface area (Å²) in [5.74, 6) is -0.469. The number of likely N-dealkylation sites (tertiary alicyclic amines) is 1. The fourth-order valence-corrected chi connectivity index (χ4v) is 4.71. The molecule has 1 aliphatic rings. The molecule has 2 rings (SSSR count). The fraction of sp³-hybridized carbons (Fsp3) is 0.469. The summed E-state index contributed by atoms with van der Waals surface area (Å²) in [5.41, 5.74) is 15.3. The Labute approximate surface area is 256 Å². The fourth-order valence-electron chi connectivity index (χ4n) is 4.71. The van der Waals surface area contributed by atoms with E-state index >= 15 is 0 Å². The van der Waals surface area contributed by atoms with Crippen LogP contribution in [0.1, 0.15) is 52.7 Å². The predicted octanol–water partition coefficient (Wildman–Crippen LogP) is 4.10. The van der Waals surface area contributed by atoms with E-state index in [0.717, 1.165) is 37.0 Å². The highest BCUT2D eigenvalue weighted by atomic mass is 16.5. The number of aliphatic imine (C=N–C) groups is 2. The van der Waals surface area contributed by atoms with Gasteiger partial charge in [0.05, 0.1) is 53.7 Å². The van der Waals surface area contributed by atoms with Crippen molar-refractivity contribution in [2.45, 2.75) is 66.0 Å². The minimum absolute atomic E-state index is 0.0868. The van der Waals surface area contributed by atoms with Crippen LogP contribution in [-0.2, 0) is 14.3 Å². The van der Waals surface area contributed by atoms with E-state index in [0.29, 0.717) is 30.2 Å². The van der Waals surface area contributed by atoms with Crippen molar-refractivity contribution >= 4 is 35.1 Å². The largest absolute Gasteiger partial charge is 0.404 e. The molecule has 1 aromatic rings. The molecule has 1 fully saturated rings. The lowest BCUT2D eigenvalue weighted by atomic mass is 9.93. The molecule has 11 nitrogen and oxygen atoms in total. The molecular weight excluding hydrogens is 544 g/mol. The zero-order valence-electron chi connectivity index (χ0n) is 26.4. The molecule has 1 aromatic heterocycles. The summed E-state index contributed by atoms with van der Waals surface area (Å²) in [7, 11) is 1.62. The second kappa shape index (κ2) is 17.8. The number of methoxy groups -OCH3 is 1. The number of amides is 2. The third-order valence-electron chi connectivity index (χ3n) is 7.40. The van der Waals surface area contributed by atoms with Gasteiger partial charge in [0, 0.05) is 43.5 Å². The zero-order chi connectivity index (χ0) is 31.9. The molecule has 0 aliphatic carbocycles. The topological polar surface area (TPSA) is 160 Å². The van der Waals surface area contributed by atoms with Gasteiger partial charge >= 0.3 is 0 Å². The van der Waals surface area contributed by atoms with Gasteiger partial charge in [0.2, 0.25) is 5.91 Å². The molecule has 0 radical (unpaired) electrons. The number of nitrogens with one attached hydrogen (secondary N) is 2. The van der Waals surface area contributed by atoms with Crippen LogP contribution in [0.15, 0.2) is 70.2 Å². The molecule has 0 bridgehead atoms. The number of ether oxygens (including phenoxy) is 1. The average molecular weight is 593 g/mol. The van der Waals surface area contributed by atoms with Crippen LogP contribution in [0.5, 0.6) is 0 Å². The standard InChI is InChI=1S/C32H48N8O3/c1-8-22(5)27(24(16-33)18-35-12-14-43-7)20-37-28(9-2)26(17-34)31(41)39-29-15-25(19-36-23(29)6)38-32(42)30-11-10-13-40(30)21(3)4/h9,15-22,30H,2,8,10-14,33-34H2,1,3-7H3,(H,38,42)(H,39,41)/b24-16+,26-17+,27-20+,35-18?,37-28-. The lowest BCUT2D eigenvalue weighted by molar-refractivity contribution is -0.120. The first-order valence-electron chi connectivity index (χ1n) is 14.7. The second-order valence-electron chi connectivity index (χ2n) is 10.6. The molecule has 234 valence electrons. The number of hydrogen-bond donors (Lipinski definition) is 4. The Morgan fingerprint density at radius 1 is 1.26 bits per heavy atom. The molecule has 2 heterocycles. The summed E-state index contributed by atoms with van der Waals surface area (Å²) >= 11 is 0. The predicted molar refractivity (Wildman–Crippen MR) is 176 cm³/mol. The van der Waals surface area contributed by atoms with Crippen molar-refractivity contribution in [3.05, 3.63) is 65.9 Å². The lowest BCUT2D eigenvalue weighted by Crippen LogP contribution is -2.43. The highest BCUT2D eigenvalue weighted by molar-refractivity contribution is 6.29. The summed E-state index contributed by atoms with van der Waals surface area (Å²) in [6, 6.07) is 1.76. The Balaban J connectivity index is 2.29. The van der Waals surface area contributed by atoms with E-state index < -0.39 is 5.91 Å². The number of hydrogen-bond acceptors (Lipinski definition) is 9.